The Labute approximate surface area is 102 Å². The van der Waals surface area contributed by atoms with E-state index in [1.165, 1.54) is 0 Å². The van der Waals surface area contributed by atoms with Crippen molar-refractivity contribution < 1.29 is 4.79 Å². The van der Waals surface area contributed by atoms with Crippen LogP contribution in [-0.2, 0) is 11.8 Å². The lowest BCUT2D eigenvalue weighted by molar-refractivity contribution is -0.125. The Morgan fingerprint density at radius 2 is 2.06 bits per heavy atom. The molecule has 94 valence electrons. The topological polar surface area (TPSA) is 59.0 Å². The van der Waals surface area contributed by atoms with Crippen LogP contribution in [0.25, 0.3) is 0 Å². The molecule has 0 saturated carbocycles. The largest absolute Gasteiger partial charge is 0.367 e. The Kier molecular flexibility index (Phi) is 2.85. The molecule has 0 radical (unpaired) electrons. The number of nitrogens with one attached hydrogen (secondary N) is 2. The second kappa shape index (κ2) is 4.05. The number of nitrogens with zero attached hydrogens (tertiary/aromatic N) is 2. The van der Waals surface area contributed by atoms with E-state index in [4.69, 9.17) is 0 Å². The molecule has 1 aliphatic heterocycles. The van der Waals surface area contributed by atoms with Gasteiger partial charge >= 0.3 is 0 Å². The summed E-state index contributed by atoms with van der Waals surface area (Å²) < 4.78 is 1.78. The minimum Gasteiger partial charge on any atom is -0.367 e. The fraction of sp³-hybridized carbons (Fsp3) is 0.667. The highest BCUT2D eigenvalue weighted by atomic mass is 16.2. The molecule has 0 spiro atoms. The smallest absolute Gasteiger partial charge is 0.232 e. The summed E-state index contributed by atoms with van der Waals surface area (Å²) in [6.07, 6.45) is 1.67. The van der Waals surface area contributed by atoms with Crippen LogP contribution in [0.3, 0.4) is 0 Å². The van der Waals surface area contributed by atoms with Crippen LogP contribution in [0.1, 0.15) is 32.4 Å². The van der Waals surface area contributed by atoms with Gasteiger partial charge in [0.1, 0.15) is 11.5 Å². The van der Waals surface area contributed by atoms with E-state index in [2.05, 4.69) is 29.6 Å². The van der Waals surface area contributed by atoms with Crippen molar-refractivity contribution in [3.05, 3.63) is 5.69 Å². The summed E-state index contributed by atoms with van der Waals surface area (Å²) >= 11 is 0. The number of hydrogen-bond donors (Lipinski definition) is 2. The van der Waals surface area contributed by atoms with Crippen LogP contribution in [-0.4, -0.2) is 22.2 Å². The summed E-state index contributed by atoms with van der Waals surface area (Å²) in [7, 11) is 1.88. The van der Waals surface area contributed by atoms with Crippen molar-refractivity contribution in [1.82, 2.24) is 9.78 Å². The van der Waals surface area contributed by atoms with Gasteiger partial charge in [-0.05, 0) is 19.8 Å². The summed E-state index contributed by atoms with van der Waals surface area (Å²) in [5.41, 5.74) is 1.36. The van der Waals surface area contributed by atoms with E-state index in [1.807, 2.05) is 14.0 Å². The third-order valence-corrected chi connectivity index (χ3v) is 3.89. The number of carbonyl (C=O) groups excluding carboxylic acids is 1. The lowest BCUT2D eigenvalue weighted by Crippen LogP contribution is -2.39. The van der Waals surface area contributed by atoms with Gasteiger partial charge in [-0.15, -0.1) is 0 Å². The summed E-state index contributed by atoms with van der Waals surface area (Å²) in [4.78, 5) is 12.3. The van der Waals surface area contributed by atoms with Crippen molar-refractivity contribution in [2.45, 2.75) is 33.6 Å². The van der Waals surface area contributed by atoms with E-state index in [0.29, 0.717) is 6.54 Å². The zero-order chi connectivity index (χ0) is 12.6. The van der Waals surface area contributed by atoms with Crippen molar-refractivity contribution in [3.8, 4) is 0 Å². The Morgan fingerprint density at radius 1 is 1.41 bits per heavy atom. The van der Waals surface area contributed by atoms with E-state index in [1.54, 1.807) is 4.68 Å². The zero-order valence-corrected chi connectivity index (χ0v) is 10.9. The molecule has 5 nitrogen and oxygen atoms in total. The number of aromatic nitrogens is 2. The monoisotopic (exact) mass is 236 g/mol. The first-order valence-corrected chi connectivity index (χ1v) is 6.13. The van der Waals surface area contributed by atoms with Crippen LogP contribution in [0, 0.1) is 12.3 Å². The zero-order valence-electron chi connectivity index (χ0n) is 10.9. The van der Waals surface area contributed by atoms with Crippen LogP contribution in [0.5, 0.6) is 0 Å². The van der Waals surface area contributed by atoms with Gasteiger partial charge in [-0.2, -0.15) is 5.10 Å². The van der Waals surface area contributed by atoms with Gasteiger partial charge in [-0.3, -0.25) is 9.48 Å². The van der Waals surface area contributed by atoms with Crippen molar-refractivity contribution in [1.29, 1.82) is 0 Å². The molecule has 0 aromatic carbocycles. The van der Waals surface area contributed by atoms with Crippen molar-refractivity contribution in [3.63, 3.8) is 0 Å². The van der Waals surface area contributed by atoms with Gasteiger partial charge in [0, 0.05) is 13.6 Å². The Hall–Kier alpha value is -1.52. The van der Waals surface area contributed by atoms with Crippen LogP contribution in [0.4, 0.5) is 11.5 Å². The quantitative estimate of drug-likeness (QED) is 0.824. The first-order chi connectivity index (χ1) is 8.04. The highest BCUT2D eigenvalue weighted by Gasteiger charge is 2.38. The third-order valence-electron chi connectivity index (χ3n) is 3.89. The van der Waals surface area contributed by atoms with Gasteiger partial charge in [-0.1, -0.05) is 13.8 Å². The number of amides is 1. The maximum atomic E-state index is 12.3. The molecule has 0 unspecified atom stereocenters. The maximum Gasteiger partial charge on any atom is 0.232 e. The Bertz CT molecular complexity index is 446. The Morgan fingerprint density at radius 3 is 2.65 bits per heavy atom. The minimum absolute atomic E-state index is 0.102. The van der Waals surface area contributed by atoms with Gasteiger partial charge in [-0.25, -0.2) is 0 Å². The standard InChI is InChI=1S/C12H20N4O/c1-5-12(6-2)7-13-10-9(14-11(12)17)8(3)15-16(10)4/h13H,5-7H2,1-4H3,(H,14,17). The number of carbonyl (C=O) groups is 1. The summed E-state index contributed by atoms with van der Waals surface area (Å²) in [5, 5.41) is 10.7. The molecule has 1 aromatic heterocycles. The molecule has 1 aromatic rings. The predicted molar refractivity (Wildman–Crippen MR) is 68.1 cm³/mol. The summed E-state index contributed by atoms with van der Waals surface area (Å²) in [6.45, 7) is 6.70. The van der Waals surface area contributed by atoms with Crippen molar-refractivity contribution in [2.24, 2.45) is 12.5 Å². The first-order valence-electron chi connectivity index (χ1n) is 6.13. The van der Waals surface area contributed by atoms with Gasteiger partial charge < -0.3 is 10.6 Å². The van der Waals surface area contributed by atoms with Gasteiger partial charge in [0.2, 0.25) is 5.91 Å². The van der Waals surface area contributed by atoms with E-state index < -0.39 is 0 Å². The molecule has 0 fully saturated rings. The molecule has 2 N–H and O–H groups in total. The molecule has 5 heteroatoms. The van der Waals surface area contributed by atoms with E-state index in [9.17, 15) is 4.79 Å². The van der Waals surface area contributed by atoms with Crippen LogP contribution in [0.2, 0.25) is 0 Å². The number of anilines is 2. The molecule has 0 atom stereocenters. The molecular formula is C12H20N4O. The average molecular weight is 236 g/mol. The molecule has 1 aliphatic rings. The van der Waals surface area contributed by atoms with Crippen LogP contribution < -0.4 is 10.6 Å². The molecule has 0 aliphatic carbocycles. The van der Waals surface area contributed by atoms with Crippen molar-refractivity contribution in [2.75, 3.05) is 17.2 Å². The molecular weight excluding hydrogens is 216 g/mol. The van der Waals surface area contributed by atoms with E-state index in [-0.39, 0.29) is 11.3 Å². The fourth-order valence-electron chi connectivity index (χ4n) is 2.41. The summed E-state index contributed by atoms with van der Waals surface area (Å²) in [5.74, 6) is 1.00. The first kappa shape index (κ1) is 12.0. The summed E-state index contributed by atoms with van der Waals surface area (Å²) in [6, 6.07) is 0. The Balaban J connectivity index is 2.41. The second-order valence-electron chi connectivity index (χ2n) is 4.73. The minimum atomic E-state index is -0.314. The highest BCUT2D eigenvalue weighted by molar-refractivity contribution is 6.00. The number of hydrogen-bond acceptors (Lipinski definition) is 3. The van der Waals surface area contributed by atoms with Gasteiger partial charge in [0.25, 0.3) is 0 Å². The predicted octanol–water partition coefficient (Wildman–Crippen LogP) is 1.90. The maximum absolute atomic E-state index is 12.3. The molecule has 2 rings (SSSR count). The third kappa shape index (κ3) is 1.69. The fourth-order valence-corrected chi connectivity index (χ4v) is 2.41. The normalized spacial score (nSPS) is 18.0. The molecule has 17 heavy (non-hydrogen) atoms. The molecule has 1 amide bonds. The van der Waals surface area contributed by atoms with Crippen LogP contribution >= 0.6 is 0 Å². The van der Waals surface area contributed by atoms with Gasteiger partial charge in [0.15, 0.2) is 0 Å². The SMILES string of the molecule is CCC1(CC)CNc2c(c(C)nn2C)NC1=O. The lowest BCUT2D eigenvalue weighted by atomic mass is 9.81. The lowest BCUT2D eigenvalue weighted by Gasteiger charge is -2.27. The number of fused-ring (bicyclic) bond motifs is 1. The van der Waals surface area contributed by atoms with Gasteiger partial charge in [0.05, 0.1) is 11.1 Å². The van der Waals surface area contributed by atoms with Crippen molar-refractivity contribution >= 4 is 17.4 Å². The highest BCUT2D eigenvalue weighted by Crippen LogP contribution is 2.35. The van der Waals surface area contributed by atoms with Crippen LogP contribution in [0.15, 0.2) is 0 Å². The van der Waals surface area contributed by atoms with E-state index in [0.717, 1.165) is 30.0 Å². The average Bonchev–Trinajstić information content (AvgIpc) is 2.49. The second-order valence-corrected chi connectivity index (χ2v) is 4.73. The number of rotatable bonds is 2. The molecule has 2 heterocycles. The molecule has 0 saturated heterocycles. The van der Waals surface area contributed by atoms with E-state index >= 15 is 0 Å². The number of aryl methyl sites for hydroxylation is 2. The molecule has 0 bridgehead atoms.